The summed E-state index contributed by atoms with van der Waals surface area (Å²) in [7, 11) is 1.57. The molecule has 0 aliphatic rings. The number of rotatable bonds is 33. The Morgan fingerprint density at radius 1 is 0.488 bits per heavy atom. The summed E-state index contributed by atoms with van der Waals surface area (Å²) in [5.74, 6) is -0.277. The molecule has 0 rings (SSSR count). The molecular formula is C35H69NO5. The summed E-state index contributed by atoms with van der Waals surface area (Å²) in [6.45, 7) is 8.13. The van der Waals surface area contributed by atoms with Crippen molar-refractivity contribution in [2.45, 2.75) is 168 Å². The van der Waals surface area contributed by atoms with Gasteiger partial charge in [0.15, 0.2) is 0 Å². The average molecular weight is 584 g/mol. The SMILES string of the molecule is CCCCCCCCCCCCCCN(CCCOCCCCCCCCCCC)C(=O)CCC(=O)OCCOC. The van der Waals surface area contributed by atoms with Crippen LogP contribution in [0.15, 0.2) is 0 Å². The van der Waals surface area contributed by atoms with Crippen LogP contribution in [0.2, 0.25) is 0 Å². The lowest BCUT2D eigenvalue weighted by atomic mass is 10.1. The number of methoxy groups -OCH3 is 1. The van der Waals surface area contributed by atoms with E-state index in [4.69, 9.17) is 14.2 Å². The second-order valence-electron chi connectivity index (χ2n) is 11.8. The zero-order chi connectivity index (χ0) is 30.1. The number of ether oxygens (including phenoxy) is 3. The predicted octanol–water partition coefficient (Wildman–Crippen LogP) is 9.42. The molecule has 0 spiro atoms. The van der Waals surface area contributed by atoms with Gasteiger partial charge in [0.1, 0.15) is 6.61 Å². The summed E-state index contributed by atoms with van der Waals surface area (Å²) in [5, 5.41) is 0. The van der Waals surface area contributed by atoms with E-state index in [1.807, 2.05) is 4.90 Å². The molecular weight excluding hydrogens is 514 g/mol. The summed E-state index contributed by atoms with van der Waals surface area (Å²) >= 11 is 0. The molecule has 6 nitrogen and oxygen atoms in total. The molecule has 0 atom stereocenters. The second kappa shape index (κ2) is 33.4. The number of carbonyl (C=O) groups is 2. The lowest BCUT2D eigenvalue weighted by Gasteiger charge is -2.23. The Hall–Kier alpha value is -1.14. The van der Waals surface area contributed by atoms with E-state index < -0.39 is 0 Å². The van der Waals surface area contributed by atoms with Crippen LogP contribution in [-0.4, -0.2) is 63.4 Å². The first-order chi connectivity index (χ1) is 20.2. The first kappa shape index (κ1) is 39.9. The highest BCUT2D eigenvalue weighted by Gasteiger charge is 2.15. The molecule has 0 aliphatic carbocycles. The zero-order valence-electron chi connectivity index (χ0n) is 27.7. The highest BCUT2D eigenvalue weighted by molar-refractivity contribution is 5.81. The van der Waals surface area contributed by atoms with Gasteiger partial charge in [-0.15, -0.1) is 0 Å². The molecule has 0 radical (unpaired) electrons. The number of esters is 1. The largest absolute Gasteiger partial charge is 0.463 e. The van der Waals surface area contributed by atoms with Crippen molar-refractivity contribution >= 4 is 11.9 Å². The fourth-order valence-corrected chi connectivity index (χ4v) is 5.16. The van der Waals surface area contributed by atoms with Crippen LogP contribution in [0.5, 0.6) is 0 Å². The molecule has 244 valence electrons. The van der Waals surface area contributed by atoms with Crippen molar-refractivity contribution in [3.05, 3.63) is 0 Å². The van der Waals surface area contributed by atoms with Crippen LogP contribution < -0.4 is 0 Å². The standard InChI is InChI=1S/C35H69NO5/c1-4-6-8-10-12-14-15-16-17-19-21-23-28-36(34(37)26-27-35(38)41-33-32-39-3)29-25-31-40-30-24-22-20-18-13-11-9-7-5-2/h4-33H2,1-3H3. The minimum absolute atomic E-state index is 0.0516. The van der Waals surface area contributed by atoms with Crippen molar-refractivity contribution in [1.82, 2.24) is 4.90 Å². The van der Waals surface area contributed by atoms with Gasteiger partial charge in [0.2, 0.25) is 5.91 Å². The van der Waals surface area contributed by atoms with E-state index in [1.54, 1.807) is 7.11 Å². The Balaban J connectivity index is 4.09. The smallest absolute Gasteiger partial charge is 0.306 e. The molecule has 0 saturated heterocycles. The Labute approximate surface area is 255 Å². The van der Waals surface area contributed by atoms with Crippen LogP contribution >= 0.6 is 0 Å². The number of hydrogen-bond acceptors (Lipinski definition) is 5. The minimum Gasteiger partial charge on any atom is -0.463 e. The maximum Gasteiger partial charge on any atom is 0.306 e. The van der Waals surface area contributed by atoms with E-state index in [0.29, 0.717) is 19.8 Å². The lowest BCUT2D eigenvalue weighted by molar-refractivity contribution is -0.147. The first-order valence-corrected chi connectivity index (χ1v) is 17.7. The summed E-state index contributed by atoms with van der Waals surface area (Å²) in [5.41, 5.74) is 0. The molecule has 1 amide bonds. The molecule has 0 aromatic heterocycles. The maximum atomic E-state index is 12.9. The summed E-state index contributed by atoms with van der Waals surface area (Å²) in [6, 6.07) is 0. The van der Waals surface area contributed by atoms with Crippen molar-refractivity contribution in [2.75, 3.05) is 46.6 Å². The lowest BCUT2D eigenvalue weighted by Crippen LogP contribution is -2.34. The highest BCUT2D eigenvalue weighted by Crippen LogP contribution is 2.13. The van der Waals surface area contributed by atoms with Crippen LogP contribution in [0.3, 0.4) is 0 Å². The predicted molar refractivity (Wildman–Crippen MR) is 172 cm³/mol. The number of amides is 1. The number of hydrogen-bond donors (Lipinski definition) is 0. The Morgan fingerprint density at radius 3 is 1.44 bits per heavy atom. The second-order valence-corrected chi connectivity index (χ2v) is 11.8. The van der Waals surface area contributed by atoms with Gasteiger partial charge in [0.25, 0.3) is 0 Å². The molecule has 0 fully saturated rings. The van der Waals surface area contributed by atoms with Gasteiger partial charge in [0, 0.05) is 39.8 Å². The van der Waals surface area contributed by atoms with E-state index in [-0.39, 0.29) is 31.3 Å². The molecule has 0 bridgehead atoms. The van der Waals surface area contributed by atoms with E-state index in [0.717, 1.165) is 38.8 Å². The number of carbonyl (C=O) groups excluding carboxylic acids is 2. The minimum atomic E-state index is -0.329. The third kappa shape index (κ3) is 30.1. The van der Waals surface area contributed by atoms with Gasteiger partial charge >= 0.3 is 5.97 Å². The Morgan fingerprint density at radius 2 is 0.927 bits per heavy atom. The fraction of sp³-hybridized carbons (Fsp3) is 0.943. The van der Waals surface area contributed by atoms with Gasteiger partial charge < -0.3 is 19.1 Å². The first-order valence-electron chi connectivity index (χ1n) is 17.7. The van der Waals surface area contributed by atoms with Crippen LogP contribution in [0.25, 0.3) is 0 Å². The topological polar surface area (TPSA) is 65.1 Å². The molecule has 0 heterocycles. The van der Waals surface area contributed by atoms with Crippen LogP contribution in [-0.2, 0) is 23.8 Å². The number of unbranched alkanes of at least 4 members (excludes halogenated alkanes) is 19. The van der Waals surface area contributed by atoms with Gasteiger partial charge in [0.05, 0.1) is 13.0 Å². The van der Waals surface area contributed by atoms with Gasteiger partial charge in [-0.1, -0.05) is 136 Å². The Bertz CT molecular complexity index is 557. The van der Waals surface area contributed by atoms with Crippen molar-refractivity contribution in [3.63, 3.8) is 0 Å². The van der Waals surface area contributed by atoms with Gasteiger partial charge in [-0.05, 0) is 19.3 Å². The summed E-state index contributed by atoms with van der Waals surface area (Å²) < 4.78 is 15.9. The molecule has 0 unspecified atom stereocenters. The number of nitrogens with zero attached hydrogens (tertiary/aromatic N) is 1. The van der Waals surface area contributed by atoms with Crippen LogP contribution in [0.4, 0.5) is 0 Å². The van der Waals surface area contributed by atoms with E-state index >= 15 is 0 Å². The van der Waals surface area contributed by atoms with Crippen molar-refractivity contribution in [3.8, 4) is 0 Å². The van der Waals surface area contributed by atoms with E-state index in [9.17, 15) is 9.59 Å². The summed E-state index contributed by atoms with van der Waals surface area (Å²) in [4.78, 5) is 26.8. The molecule has 41 heavy (non-hydrogen) atoms. The molecule has 0 aromatic carbocycles. The monoisotopic (exact) mass is 584 g/mol. The van der Waals surface area contributed by atoms with Gasteiger partial charge in [-0.25, -0.2) is 0 Å². The quantitative estimate of drug-likeness (QED) is 0.0569. The van der Waals surface area contributed by atoms with Gasteiger partial charge in [-0.2, -0.15) is 0 Å². The molecule has 6 heteroatoms. The fourth-order valence-electron chi connectivity index (χ4n) is 5.16. The third-order valence-corrected chi connectivity index (χ3v) is 7.84. The third-order valence-electron chi connectivity index (χ3n) is 7.84. The highest BCUT2D eigenvalue weighted by atomic mass is 16.6. The van der Waals surface area contributed by atoms with E-state index in [1.165, 1.54) is 116 Å². The van der Waals surface area contributed by atoms with Crippen LogP contribution in [0.1, 0.15) is 168 Å². The molecule has 0 aromatic rings. The molecule has 0 N–H and O–H groups in total. The molecule has 0 saturated carbocycles. The van der Waals surface area contributed by atoms with Crippen molar-refractivity contribution < 1.29 is 23.8 Å². The maximum absolute atomic E-state index is 12.9. The average Bonchev–Trinajstić information content (AvgIpc) is 2.97. The van der Waals surface area contributed by atoms with Crippen molar-refractivity contribution in [1.29, 1.82) is 0 Å². The molecule has 0 aliphatic heterocycles. The normalized spacial score (nSPS) is 11.2. The zero-order valence-corrected chi connectivity index (χ0v) is 27.7. The van der Waals surface area contributed by atoms with E-state index in [2.05, 4.69) is 13.8 Å². The van der Waals surface area contributed by atoms with Crippen LogP contribution in [0, 0.1) is 0 Å². The van der Waals surface area contributed by atoms with Crippen molar-refractivity contribution in [2.24, 2.45) is 0 Å². The van der Waals surface area contributed by atoms with Gasteiger partial charge in [-0.3, -0.25) is 9.59 Å². The Kier molecular flexibility index (Phi) is 32.4. The summed E-state index contributed by atoms with van der Waals surface area (Å²) in [6.07, 6.45) is 28.7.